The molecule has 9 heteroatoms. The molecule has 174 valence electrons. The minimum absolute atomic E-state index is 0.0467. The Labute approximate surface area is 196 Å². The van der Waals surface area contributed by atoms with Crippen molar-refractivity contribution in [2.24, 2.45) is 5.41 Å². The number of para-hydroxylation sites is 1. The fourth-order valence-corrected chi connectivity index (χ4v) is 3.28. The number of carbonyl (C=O) groups excluding carboxylic acids is 2. The highest BCUT2D eigenvalue weighted by molar-refractivity contribution is 6.34. The highest BCUT2D eigenvalue weighted by Gasteiger charge is 2.24. The van der Waals surface area contributed by atoms with E-state index in [0.717, 1.165) is 0 Å². The van der Waals surface area contributed by atoms with Gasteiger partial charge in [0.1, 0.15) is 17.7 Å². The number of rotatable bonds is 6. The highest BCUT2D eigenvalue weighted by atomic mass is 35.5. The van der Waals surface area contributed by atoms with Gasteiger partial charge in [-0.3, -0.25) is 9.59 Å². The molecular weight excluding hydrogens is 447 g/mol. The van der Waals surface area contributed by atoms with Gasteiger partial charge in [0.05, 0.1) is 27.8 Å². The van der Waals surface area contributed by atoms with Crippen LogP contribution >= 0.6 is 11.6 Å². The third-order valence-corrected chi connectivity index (χ3v) is 5.06. The molecule has 0 saturated heterocycles. The molecule has 7 nitrogen and oxygen atoms in total. The zero-order valence-electron chi connectivity index (χ0n) is 19.1. The summed E-state index contributed by atoms with van der Waals surface area (Å²) in [5, 5.41) is 5.92. The van der Waals surface area contributed by atoms with Gasteiger partial charge in [-0.25, -0.2) is 14.4 Å². The van der Waals surface area contributed by atoms with Crippen LogP contribution < -0.4 is 15.4 Å². The average molecular weight is 473 g/mol. The fraction of sp³-hybridized carbons (Fsp3) is 0.333. The van der Waals surface area contributed by atoms with Crippen molar-refractivity contribution in [1.82, 2.24) is 15.3 Å². The van der Waals surface area contributed by atoms with Crippen LogP contribution in [0.5, 0.6) is 5.88 Å². The lowest BCUT2D eigenvalue weighted by molar-refractivity contribution is -0.128. The smallest absolute Gasteiger partial charge is 0.260 e. The molecule has 0 bridgehead atoms. The van der Waals surface area contributed by atoms with E-state index >= 15 is 4.39 Å². The van der Waals surface area contributed by atoms with E-state index in [0.29, 0.717) is 22.5 Å². The van der Waals surface area contributed by atoms with Gasteiger partial charge in [-0.1, -0.05) is 44.5 Å². The molecule has 2 amide bonds. The topological polar surface area (TPSA) is 93.2 Å². The molecule has 0 aliphatic heterocycles. The molecule has 0 aliphatic carbocycles. The number of ether oxygens (including phenoxy) is 1. The van der Waals surface area contributed by atoms with Crippen molar-refractivity contribution in [2.45, 2.75) is 47.3 Å². The standard InChI is InChI=1S/C24H26ClFN4O3/c1-13(2)33-22-15-7-6-8-17(20(15)28-12-29-22)30-21(31)18-16(25)10-9-14(19(18)26)11-27-23(32)24(3,4)5/h6-10,12-13H,11H2,1-5H3,(H,27,32)(H,30,31). The molecule has 0 unspecified atom stereocenters. The predicted molar refractivity (Wildman–Crippen MR) is 126 cm³/mol. The summed E-state index contributed by atoms with van der Waals surface area (Å²) in [4.78, 5) is 33.6. The van der Waals surface area contributed by atoms with Crippen LogP contribution in [0.1, 0.15) is 50.5 Å². The number of carbonyl (C=O) groups is 2. The first-order valence-electron chi connectivity index (χ1n) is 10.5. The SMILES string of the molecule is CC(C)Oc1ncnc2c(NC(=O)c3c(Cl)ccc(CNC(=O)C(C)(C)C)c3F)cccc12. The van der Waals surface area contributed by atoms with Crippen molar-refractivity contribution in [3.05, 3.63) is 58.6 Å². The minimum Gasteiger partial charge on any atom is -0.474 e. The normalized spacial score (nSPS) is 11.5. The van der Waals surface area contributed by atoms with Gasteiger partial charge >= 0.3 is 0 Å². The van der Waals surface area contributed by atoms with E-state index in [2.05, 4.69) is 20.6 Å². The maximum Gasteiger partial charge on any atom is 0.260 e. The van der Waals surface area contributed by atoms with Crippen LogP contribution in [0.25, 0.3) is 10.9 Å². The first-order chi connectivity index (χ1) is 15.5. The number of hydrogen-bond donors (Lipinski definition) is 2. The Morgan fingerprint density at radius 3 is 2.55 bits per heavy atom. The summed E-state index contributed by atoms with van der Waals surface area (Å²) >= 11 is 6.16. The Bertz CT molecular complexity index is 1210. The van der Waals surface area contributed by atoms with E-state index in [-0.39, 0.29) is 34.7 Å². The largest absolute Gasteiger partial charge is 0.474 e. The predicted octanol–water partition coefficient (Wildman–Crippen LogP) is 5.12. The second-order valence-electron chi connectivity index (χ2n) is 8.83. The fourth-order valence-electron chi connectivity index (χ4n) is 3.05. The summed E-state index contributed by atoms with van der Waals surface area (Å²) in [7, 11) is 0. The third kappa shape index (κ3) is 5.57. The lowest BCUT2D eigenvalue weighted by atomic mass is 9.95. The Morgan fingerprint density at radius 2 is 1.88 bits per heavy atom. The quantitative estimate of drug-likeness (QED) is 0.519. The summed E-state index contributed by atoms with van der Waals surface area (Å²) in [5.74, 6) is -1.39. The Hall–Kier alpha value is -3.26. The second kappa shape index (κ2) is 9.70. The van der Waals surface area contributed by atoms with Gasteiger partial charge in [0, 0.05) is 17.5 Å². The molecule has 1 aromatic heterocycles. The van der Waals surface area contributed by atoms with Crippen molar-refractivity contribution >= 4 is 40.0 Å². The molecule has 0 atom stereocenters. The highest BCUT2D eigenvalue weighted by Crippen LogP contribution is 2.29. The van der Waals surface area contributed by atoms with Crippen LogP contribution in [0.3, 0.4) is 0 Å². The van der Waals surface area contributed by atoms with Crippen LogP contribution in [-0.4, -0.2) is 27.9 Å². The number of fused-ring (bicyclic) bond motifs is 1. The molecule has 1 heterocycles. The van der Waals surface area contributed by atoms with Crippen molar-refractivity contribution in [1.29, 1.82) is 0 Å². The second-order valence-corrected chi connectivity index (χ2v) is 9.24. The number of halogens is 2. The third-order valence-electron chi connectivity index (χ3n) is 4.74. The number of anilines is 1. The van der Waals surface area contributed by atoms with Crippen molar-refractivity contribution in [3.63, 3.8) is 0 Å². The molecule has 33 heavy (non-hydrogen) atoms. The van der Waals surface area contributed by atoms with Crippen molar-refractivity contribution < 1.29 is 18.7 Å². The first-order valence-corrected chi connectivity index (χ1v) is 10.8. The monoisotopic (exact) mass is 472 g/mol. The molecule has 0 aliphatic rings. The Morgan fingerprint density at radius 1 is 1.15 bits per heavy atom. The molecule has 3 aromatic rings. The van der Waals surface area contributed by atoms with E-state index in [9.17, 15) is 9.59 Å². The van der Waals surface area contributed by atoms with Crippen LogP contribution in [0.15, 0.2) is 36.7 Å². The lowest BCUT2D eigenvalue weighted by Crippen LogP contribution is -2.34. The average Bonchev–Trinajstić information content (AvgIpc) is 2.72. The van der Waals surface area contributed by atoms with Gasteiger partial charge in [0.25, 0.3) is 5.91 Å². The molecule has 0 fully saturated rings. The van der Waals surface area contributed by atoms with Crippen molar-refractivity contribution in [2.75, 3.05) is 5.32 Å². The van der Waals surface area contributed by atoms with Gasteiger partial charge < -0.3 is 15.4 Å². The van der Waals surface area contributed by atoms with E-state index in [1.807, 2.05) is 13.8 Å². The molecular formula is C24H26ClFN4O3. The van der Waals surface area contributed by atoms with Crippen LogP contribution in [0.4, 0.5) is 10.1 Å². The zero-order valence-corrected chi connectivity index (χ0v) is 19.9. The number of benzene rings is 2. The molecule has 2 aromatic carbocycles. The minimum atomic E-state index is -0.798. The van der Waals surface area contributed by atoms with Crippen LogP contribution in [-0.2, 0) is 11.3 Å². The maximum absolute atomic E-state index is 15.2. The molecule has 0 spiro atoms. The van der Waals surface area contributed by atoms with Crippen molar-refractivity contribution in [3.8, 4) is 5.88 Å². The number of nitrogens with zero attached hydrogens (tertiary/aromatic N) is 2. The number of nitrogens with one attached hydrogen (secondary N) is 2. The van der Waals surface area contributed by atoms with Gasteiger partial charge in [0.15, 0.2) is 0 Å². The Balaban J connectivity index is 1.90. The first kappa shape index (κ1) is 24.4. The number of amides is 2. The molecule has 3 rings (SSSR count). The number of hydrogen-bond acceptors (Lipinski definition) is 5. The lowest BCUT2D eigenvalue weighted by Gasteiger charge is -2.18. The zero-order chi connectivity index (χ0) is 24.3. The van der Waals surface area contributed by atoms with Gasteiger partial charge in [-0.15, -0.1) is 0 Å². The molecule has 2 N–H and O–H groups in total. The molecule has 0 saturated carbocycles. The van der Waals surface area contributed by atoms with Gasteiger partial charge in [-0.05, 0) is 32.0 Å². The van der Waals surface area contributed by atoms with E-state index in [1.165, 1.54) is 18.5 Å². The summed E-state index contributed by atoms with van der Waals surface area (Å²) in [6, 6.07) is 8.00. The van der Waals surface area contributed by atoms with E-state index in [1.54, 1.807) is 39.0 Å². The van der Waals surface area contributed by atoms with Gasteiger partial charge in [-0.2, -0.15) is 0 Å². The van der Waals surface area contributed by atoms with E-state index in [4.69, 9.17) is 16.3 Å². The van der Waals surface area contributed by atoms with Crippen LogP contribution in [0, 0.1) is 11.2 Å². The van der Waals surface area contributed by atoms with E-state index < -0.39 is 17.1 Å². The summed E-state index contributed by atoms with van der Waals surface area (Å²) in [6.45, 7) is 8.94. The molecule has 0 radical (unpaired) electrons. The maximum atomic E-state index is 15.2. The van der Waals surface area contributed by atoms with Crippen LogP contribution in [0.2, 0.25) is 5.02 Å². The number of aromatic nitrogens is 2. The van der Waals surface area contributed by atoms with Gasteiger partial charge in [0.2, 0.25) is 11.8 Å². The summed E-state index contributed by atoms with van der Waals surface area (Å²) in [5.41, 5.74) is 0.00762. The summed E-state index contributed by atoms with van der Waals surface area (Å²) < 4.78 is 20.9. The Kier molecular flexibility index (Phi) is 7.17. The summed E-state index contributed by atoms with van der Waals surface area (Å²) in [6.07, 6.45) is 1.23.